The van der Waals surface area contributed by atoms with Gasteiger partial charge in [0, 0.05) is 25.5 Å². The highest BCUT2D eigenvalue weighted by molar-refractivity contribution is 5.16. The minimum atomic E-state index is 0.554. The first kappa shape index (κ1) is 31.8. The molecule has 0 radical (unpaired) electrons. The summed E-state index contributed by atoms with van der Waals surface area (Å²) in [5, 5.41) is 0. The molecule has 0 aliphatic carbocycles. The van der Waals surface area contributed by atoms with E-state index in [9.17, 15) is 0 Å². The molecule has 1 heterocycles. The van der Waals surface area contributed by atoms with Crippen LogP contribution in [0.4, 0.5) is 0 Å². The molecule has 0 aromatic heterocycles. The normalized spacial score (nSPS) is 15.2. The average Bonchev–Trinajstić information content (AvgIpc) is 3.29. The van der Waals surface area contributed by atoms with Gasteiger partial charge in [-0.1, -0.05) is 166 Å². The number of rotatable bonds is 25. The molecule has 0 amide bonds. The fraction of sp³-hybridized carbons (Fsp3) is 0.771. The van der Waals surface area contributed by atoms with E-state index in [2.05, 4.69) is 66.4 Å². The molecule has 0 bridgehead atoms. The van der Waals surface area contributed by atoms with Gasteiger partial charge in [-0.05, 0) is 24.8 Å². The molecule has 0 N–H and O–H groups in total. The Bertz CT molecular complexity index is 640. The summed E-state index contributed by atoms with van der Waals surface area (Å²) in [5.41, 5.74) is 1.42. The van der Waals surface area contributed by atoms with Crippen molar-refractivity contribution in [1.82, 2.24) is 9.80 Å². The van der Waals surface area contributed by atoms with Crippen molar-refractivity contribution in [2.24, 2.45) is 0 Å². The Balaban J connectivity index is 1.55. The quantitative estimate of drug-likeness (QED) is 0.121. The summed E-state index contributed by atoms with van der Waals surface area (Å²) in [6.45, 7) is 6.87. The van der Waals surface area contributed by atoms with Gasteiger partial charge < -0.3 is 9.80 Å². The maximum atomic E-state index is 2.65. The van der Waals surface area contributed by atoms with Gasteiger partial charge in [0.25, 0.3) is 0 Å². The van der Waals surface area contributed by atoms with Crippen molar-refractivity contribution in [2.75, 3.05) is 6.54 Å². The van der Waals surface area contributed by atoms with Gasteiger partial charge in [0.05, 0.1) is 0 Å². The fourth-order valence-corrected chi connectivity index (χ4v) is 5.84. The van der Waals surface area contributed by atoms with Gasteiger partial charge in [0.2, 0.25) is 0 Å². The second-order valence-corrected chi connectivity index (χ2v) is 11.7. The summed E-state index contributed by atoms with van der Waals surface area (Å²) in [4.78, 5) is 5.24. The highest BCUT2D eigenvalue weighted by Crippen LogP contribution is 2.25. The van der Waals surface area contributed by atoms with E-state index < -0.39 is 0 Å². The maximum Gasteiger partial charge on any atom is 0.101 e. The zero-order valence-corrected chi connectivity index (χ0v) is 25.0. The Morgan fingerprint density at radius 3 is 1.43 bits per heavy atom. The number of unbranched alkanes of at least 4 members (excludes halogenated alkanes) is 19. The summed E-state index contributed by atoms with van der Waals surface area (Å²) < 4.78 is 0. The average molecular weight is 511 g/mol. The third kappa shape index (κ3) is 15.5. The first-order valence-electron chi connectivity index (χ1n) is 16.6. The van der Waals surface area contributed by atoms with Crippen molar-refractivity contribution in [3.63, 3.8) is 0 Å². The molecule has 2 heteroatoms. The molecule has 1 aromatic rings. The zero-order valence-electron chi connectivity index (χ0n) is 25.0. The first-order chi connectivity index (χ1) is 18.3. The standard InChI is InChI=1S/C35H62N2/c1-3-5-7-9-11-12-13-14-15-16-17-18-19-21-26-30-36-31-32-37(33-34-27-23-22-24-28-34)35(36)29-25-20-10-8-6-4-2/h22-24,27-28,31-32,35H,3-21,25-26,29-30,33H2,1-2H3. The number of hydrogen-bond acceptors (Lipinski definition) is 2. The van der Waals surface area contributed by atoms with Crippen LogP contribution in [0, 0.1) is 0 Å². The third-order valence-corrected chi connectivity index (χ3v) is 8.26. The van der Waals surface area contributed by atoms with Crippen LogP contribution in [-0.2, 0) is 6.54 Å². The lowest BCUT2D eigenvalue weighted by Crippen LogP contribution is -2.38. The van der Waals surface area contributed by atoms with E-state index in [0.29, 0.717) is 6.17 Å². The summed E-state index contributed by atoms with van der Waals surface area (Å²) in [7, 11) is 0. The van der Waals surface area contributed by atoms with Crippen LogP contribution < -0.4 is 0 Å². The van der Waals surface area contributed by atoms with E-state index in [-0.39, 0.29) is 0 Å². The number of nitrogens with zero attached hydrogens (tertiary/aromatic N) is 2. The van der Waals surface area contributed by atoms with E-state index in [0.717, 1.165) is 6.54 Å². The Hall–Kier alpha value is -1.44. The predicted molar refractivity (Wildman–Crippen MR) is 165 cm³/mol. The van der Waals surface area contributed by atoms with Crippen molar-refractivity contribution >= 4 is 0 Å². The fourth-order valence-electron chi connectivity index (χ4n) is 5.84. The summed E-state index contributed by atoms with van der Waals surface area (Å²) in [6, 6.07) is 11.0. The van der Waals surface area contributed by atoms with E-state index in [4.69, 9.17) is 0 Å². The van der Waals surface area contributed by atoms with Crippen LogP contribution in [0.25, 0.3) is 0 Å². The zero-order chi connectivity index (χ0) is 26.2. The minimum absolute atomic E-state index is 0.554. The van der Waals surface area contributed by atoms with Crippen molar-refractivity contribution < 1.29 is 0 Å². The second kappa shape index (κ2) is 22.5. The number of benzene rings is 1. The summed E-state index contributed by atoms with van der Waals surface area (Å²) in [6.07, 6.45) is 36.5. The lowest BCUT2D eigenvalue weighted by atomic mass is 10.0. The Morgan fingerprint density at radius 2 is 0.919 bits per heavy atom. The van der Waals surface area contributed by atoms with E-state index in [1.54, 1.807) is 0 Å². The van der Waals surface area contributed by atoms with Crippen LogP contribution in [0.2, 0.25) is 0 Å². The molecule has 1 atom stereocenters. The minimum Gasteiger partial charge on any atom is -0.356 e. The predicted octanol–water partition coefficient (Wildman–Crippen LogP) is 11.2. The van der Waals surface area contributed by atoms with Crippen molar-refractivity contribution in [2.45, 2.75) is 168 Å². The van der Waals surface area contributed by atoms with Crippen LogP contribution in [0.15, 0.2) is 42.7 Å². The Labute approximate surface area is 232 Å². The molecule has 1 aliphatic heterocycles. The molecule has 2 rings (SSSR count). The van der Waals surface area contributed by atoms with E-state index in [1.807, 2.05) is 0 Å². The molecule has 2 nitrogen and oxygen atoms in total. The highest BCUT2D eigenvalue weighted by atomic mass is 15.4. The molecule has 0 fully saturated rings. The SMILES string of the molecule is CCCCCCCCCCCCCCCCCN1C=CN(Cc2ccccc2)C1CCCCCCCC. The van der Waals surface area contributed by atoms with Gasteiger partial charge >= 0.3 is 0 Å². The van der Waals surface area contributed by atoms with E-state index in [1.165, 1.54) is 153 Å². The monoisotopic (exact) mass is 510 g/mol. The first-order valence-corrected chi connectivity index (χ1v) is 16.6. The molecule has 1 aromatic carbocycles. The topological polar surface area (TPSA) is 6.48 Å². The Morgan fingerprint density at radius 1 is 0.486 bits per heavy atom. The van der Waals surface area contributed by atoms with E-state index >= 15 is 0 Å². The molecule has 0 saturated carbocycles. The smallest absolute Gasteiger partial charge is 0.101 e. The second-order valence-electron chi connectivity index (χ2n) is 11.7. The summed E-state index contributed by atoms with van der Waals surface area (Å²) >= 11 is 0. The molecule has 1 aliphatic rings. The molecule has 0 spiro atoms. The molecular weight excluding hydrogens is 448 g/mol. The molecule has 1 unspecified atom stereocenters. The van der Waals surface area contributed by atoms with Crippen molar-refractivity contribution in [3.8, 4) is 0 Å². The van der Waals surface area contributed by atoms with Crippen LogP contribution in [0.3, 0.4) is 0 Å². The van der Waals surface area contributed by atoms with Crippen LogP contribution in [0.5, 0.6) is 0 Å². The van der Waals surface area contributed by atoms with Crippen LogP contribution >= 0.6 is 0 Å². The van der Waals surface area contributed by atoms with Gasteiger partial charge in [0.15, 0.2) is 0 Å². The lowest BCUT2D eigenvalue weighted by molar-refractivity contribution is 0.132. The highest BCUT2D eigenvalue weighted by Gasteiger charge is 2.25. The van der Waals surface area contributed by atoms with Gasteiger partial charge in [-0.25, -0.2) is 0 Å². The lowest BCUT2D eigenvalue weighted by Gasteiger charge is -2.33. The van der Waals surface area contributed by atoms with Crippen LogP contribution in [-0.4, -0.2) is 22.5 Å². The largest absolute Gasteiger partial charge is 0.356 e. The molecule has 37 heavy (non-hydrogen) atoms. The van der Waals surface area contributed by atoms with Gasteiger partial charge in [0.1, 0.15) is 6.17 Å². The number of hydrogen-bond donors (Lipinski definition) is 0. The van der Waals surface area contributed by atoms with Gasteiger partial charge in [-0.2, -0.15) is 0 Å². The van der Waals surface area contributed by atoms with Crippen molar-refractivity contribution in [3.05, 3.63) is 48.3 Å². The summed E-state index contributed by atoms with van der Waals surface area (Å²) in [5.74, 6) is 0. The van der Waals surface area contributed by atoms with Crippen LogP contribution in [0.1, 0.15) is 161 Å². The molecular formula is C35H62N2. The molecule has 212 valence electrons. The Kier molecular flexibility index (Phi) is 19.4. The van der Waals surface area contributed by atoms with Gasteiger partial charge in [-0.3, -0.25) is 0 Å². The molecule has 0 saturated heterocycles. The van der Waals surface area contributed by atoms with Gasteiger partial charge in [-0.15, -0.1) is 0 Å². The van der Waals surface area contributed by atoms with Crippen molar-refractivity contribution in [1.29, 1.82) is 0 Å². The third-order valence-electron chi connectivity index (χ3n) is 8.26. The maximum absolute atomic E-state index is 2.65.